The average Bonchev–Trinajstić information content (AvgIpc) is 3.00. The Morgan fingerprint density at radius 2 is 1.86 bits per heavy atom. The van der Waals surface area contributed by atoms with Crippen LogP contribution in [0.4, 0.5) is 0 Å². The molecule has 37 heavy (non-hydrogen) atoms. The quantitative estimate of drug-likeness (QED) is 0.340. The summed E-state index contributed by atoms with van der Waals surface area (Å²) in [4.78, 5) is 25.2. The molecule has 2 aromatic carbocycles. The van der Waals surface area contributed by atoms with Crippen LogP contribution in [0.15, 0.2) is 57.3 Å². The number of benzene rings is 2. The van der Waals surface area contributed by atoms with Crippen LogP contribution in [0.5, 0.6) is 17.2 Å². The minimum atomic E-state index is -0.373. The molecule has 0 radical (unpaired) electrons. The lowest BCUT2D eigenvalue weighted by molar-refractivity contribution is -0.146. The molecule has 200 valence electrons. The molecular formula is C27H31Cl2NO7. The highest BCUT2D eigenvalue weighted by molar-refractivity contribution is 6.30. The minimum Gasteiger partial charge on any atom is -0.507 e. The lowest BCUT2D eigenvalue weighted by Gasteiger charge is -2.11. The number of phenols is 1. The van der Waals surface area contributed by atoms with E-state index in [0.29, 0.717) is 59.6 Å². The van der Waals surface area contributed by atoms with E-state index < -0.39 is 0 Å². The van der Waals surface area contributed by atoms with E-state index in [0.717, 1.165) is 5.57 Å². The van der Waals surface area contributed by atoms with Gasteiger partial charge in [-0.3, -0.25) is 4.79 Å². The van der Waals surface area contributed by atoms with Crippen molar-refractivity contribution in [1.82, 2.24) is 4.90 Å². The molecule has 0 saturated heterocycles. The standard InChI is InChI=1S/C15H14O4.C12H16ClNO3.ClH/c1-8-3-4-10-12(18-7-8)6-13-14(15(10)17)11(16)5-9(2)19-13;1-14(2)7-8-16-12(15)9-17-11-5-3-10(13)4-6-11;/h3,5-6,17H,4,7H2,1-2H3;3-6H,7-9H2,1-2H3;1H. The number of hydrogen-bond acceptors (Lipinski definition) is 8. The summed E-state index contributed by atoms with van der Waals surface area (Å²) in [6.07, 6.45) is 2.55. The van der Waals surface area contributed by atoms with Crippen LogP contribution in [0.2, 0.25) is 5.02 Å². The molecule has 8 nitrogen and oxygen atoms in total. The Morgan fingerprint density at radius 3 is 2.54 bits per heavy atom. The number of esters is 1. The fourth-order valence-corrected chi connectivity index (χ4v) is 3.48. The second-order valence-electron chi connectivity index (χ2n) is 8.61. The zero-order chi connectivity index (χ0) is 26.2. The molecule has 1 aliphatic heterocycles. The van der Waals surface area contributed by atoms with Crippen molar-refractivity contribution in [3.8, 4) is 17.2 Å². The van der Waals surface area contributed by atoms with Crippen molar-refractivity contribution < 1.29 is 28.5 Å². The number of aromatic hydroxyl groups is 1. The molecule has 0 unspecified atom stereocenters. The first-order valence-corrected chi connectivity index (χ1v) is 11.8. The van der Waals surface area contributed by atoms with E-state index in [9.17, 15) is 14.7 Å². The zero-order valence-electron chi connectivity index (χ0n) is 21.2. The van der Waals surface area contributed by atoms with Gasteiger partial charge in [-0.1, -0.05) is 17.7 Å². The number of rotatable bonds is 6. The van der Waals surface area contributed by atoms with E-state index in [-0.39, 0.29) is 41.5 Å². The summed E-state index contributed by atoms with van der Waals surface area (Å²) in [6.45, 7) is 5.14. The highest BCUT2D eigenvalue weighted by Crippen LogP contribution is 2.37. The lowest BCUT2D eigenvalue weighted by Crippen LogP contribution is -2.22. The molecule has 0 bridgehead atoms. The number of hydrogen-bond donors (Lipinski definition) is 1. The lowest BCUT2D eigenvalue weighted by atomic mass is 10.0. The minimum absolute atomic E-state index is 0. The third-order valence-electron chi connectivity index (χ3n) is 5.26. The van der Waals surface area contributed by atoms with Gasteiger partial charge in [-0.05, 0) is 64.2 Å². The van der Waals surface area contributed by atoms with E-state index in [2.05, 4.69) is 0 Å². The van der Waals surface area contributed by atoms with Gasteiger partial charge in [0.05, 0.1) is 0 Å². The molecule has 1 aliphatic rings. The van der Waals surface area contributed by atoms with Crippen molar-refractivity contribution in [2.75, 3.05) is 40.5 Å². The van der Waals surface area contributed by atoms with E-state index in [1.54, 1.807) is 37.3 Å². The second kappa shape index (κ2) is 13.9. The topological polar surface area (TPSA) is 98.4 Å². The van der Waals surface area contributed by atoms with Gasteiger partial charge < -0.3 is 28.6 Å². The van der Waals surface area contributed by atoms with Crippen LogP contribution in [0.25, 0.3) is 11.0 Å². The average molecular weight is 552 g/mol. The maximum atomic E-state index is 12.0. The smallest absolute Gasteiger partial charge is 0.344 e. The SMILES string of the molecule is CC1=CCc2c(cc3oc(C)cc(=O)c3c2O)OC1.CN(C)CCOC(=O)COc1ccc(Cl)cc1.Cl. The van der Waals surface area contributed by atoms with Crippen molar-refractivity contribution in [2.45, 2.75) is 20.3 Å². The molecule has 1 aromatic heterocycles. The Bertz CT molecular complexity index is 1300. The summed E-state index contributed by atoms with van der Waals surface area (Å²) >= 11 is 5.72. The van der Waals surface area contributed by atoms with Gasteiger partial charge in [0.1, 0.15) is 47.2 Å². The van der Waals surface area contributed by atoms with Crippen LogP contribution in [0, 0.1) is 6.92 Å². The van der Waals surface area contributed by atoms with Crippen molar-refractivity contribution in [2.24, 2.45) is 0 Å². The number of carbonyl (C=O) groups excluding carboxylic acids is 1. The number of phenolic OH excluding ortho intramolecular Hbond substituents is 1. The third kappa shape index (κ3) is 8.70. The first kappa shape index (κ1) is 30.0. The fraction of sp³-hybridized carbons (Fsp3) is 0.333. The zero-order valence-corrected chi connectivity index (χ0v) is 22.8. The van der Waals surface area contributed by atoms with E-state index >= 15 is 0 Å². The van der Waals surface area contributed by atoms with E-state index in [4.69, 9.17) is 30.2 Å². The summed E-state index contributed by atoms with van der Waals surface area (Å²) in [5.74, 6) is 1.28. The summed E-state index contributed by atoms with van der Waals surface area (Å²) in [7, 11) is 3.83. The molecule has 1 N–H and O–H groups in total. The number of likely N-dealkylation sites (N-methyl/N-ethyl adjacent to an activating group) is 1. The summed E-state index contributed by atoms with van der Waals surface area (Å²) in [5.41, 5.74) is 1.86. The first-order valence-electron chi connectivity index (χ1n) is 11.4. The number of halogens is 2. The van der Waals surface area contributed by atoms with Crippen LogP contribution in [-0.2, 0) is 16.0 Å². The van der Waals surface area contributed by atoms with Gasteiger partial charge in [0.25, 0.3) is 0 Å². The Kier molecular flexibility index (Phi) is 11.3. The molecule has 0 amide bonds. The normalized spacial score (nSPS) is 12.2. The number of aryl methyl sites for hydroxylation is 1. The Labute approximate surface area is 226 Å². The van der Waals surface area contributed by atoms with Crippen LogP contribution in [0.3, 0.4) is 0 Å². The van der Waals surface area contributed by atoms with Gasteiger partial charge in [-0.25, -0.2) is 4.79 Å². The van der Waals surface area contributed by atoms with Gasteiger partial charge in [0.2, 0.25) is 0 Å². The molecule has 3 aromatic rings. The Morgan fingerprint density at radius 1 is 1.16 bits per heavy atom. The van der Waals surface area contributed by atoms with Gasteiger partial charge in [-0.2, -0.15) is 0 Å². The van der Waals surface area contributed by atoms with Crippen molar-refractivity contribution in [1.29, 1.82) is 0 Å². The predicted octanol–water partition coefficient (Wildman–Crippen LogP) is 4.93. The molecule has 4 rings (SSSR count). The third-order valence-corrected chi connectivity index (χ3v) is 5.51. The maximum Gasteiger partial charge on any atom is 0.344 e. The summed E-state index contributed by atoms with van der Waals surface area (Å²) in [6, 6.07) is 9.88. The fourth-order valence-electron chi connectivity index (χ4n) is 3.35. The molecule has 0 saturated carbocycles. The number of ether oxygens (including phenoxy) is 3. The molecule has 0 spiro atoms. The predicted molar refractivity (Wildman–Crippen MR) is 146 cm³/mol. The largest absolute Gasteiger partial charge is 0.507 e. The number of allylic oxidation sites excluding steroid dienone is 1. The Hall–Kier alpha value is -3.20. The van der Waals surface area contributed by atoms with Crippen LogP contribution in [-0.4, -0.2) is 56.4 Å². The van der Waals surface area contributed by atoms with Gasteiger partial charge in [0, 0.05) is 29.3 Å². The molecular weight excluding hydrogens is 521 g/mol. The van der Waals surface area contributed by atoms with Gasteiger partial charge in [-0.15, -0.1) is 12.4 Å². The van der Waals surface area contributed by atoms with Crippen LogP contribution >= 0.6 is 24.0 Å². The first-order chi connectivity index (χ1) is 17.1. The summed E-state index contributed by atoms with van der Waals surface area (Å²) < 4.78 is 21.3. The van der Waals surface area contributed by atoms with E-state index in [1.807, 2.05) is 32.0 Å². The van der Waals surface area contributed by atoms with E-state index in [1.165, 1.54) is 6.07 Å². The monoisotopic (exact) mass is 551 g/mol. The highest BCUT2D eigenvalue weighted by Gasteiger charge is 2.19. The van der Waals surface area contributed by atoms with Gasteiger partial charge >= 0.3 is 5.97 Å². The van der Waals surface area contributed by atoms with Crippen molar-refractivity contribution >= 4 is 40.9 Å². The second-order valence-corrected chi connectivity index (χ2v) is 9.04. The number of carbonyl (C=O) groups is 1. The number of fused-ring (bicyclic) bond motifs is 2. The molecule has 2 heterocycles. The number of nitrogens with zero attached hydrogens (tertiary/aromatic N) is 1. The highest BCUT2D eigenvalue weighted by atomic mass is 35.5. The molecule has 0 aliphatic carbocycles. The van der Waals surface area contributed by atoms with Crippen molar-refractivity contribution in [3.05, 3.63) is 74.6 Å². The van der Waals surface area contributed by atoms with Crippen LogP contribution < -0.4 is 14.9 Å². The maximum absolute atomic E-state index is 12.0. The molecule has 0 fully saturated rings. The van der Waals surface area contributed by atoms with Crippen molar-refractivity contribution in [3.63, 3.8) is 0 Å². The Balaban J connectivity index is 0.000000255. The van der Waals surface area contributed by atoms with Gasteiger partial charge in [0.15, 0.2) is 12.0 Å². The molecule has 0 atom stereocenters. The molecule has 10 heteroatoms. The summed E-state index contributed by atoms with van der Waals surface area (Å²) in [5, 5.41) is 11.2. The van der Waals surface area contributed by atoms with Crippen LogP contribution in [0.1, 0.15) is 18.2 Å².